The molecule has 0 saturated carbocycles. The number of piperazine rings is 1. The smallest absolute Gasteiger partial charge is 0.419 e. The first-order valence-corrected chi connectivity index (χ1v) is 10.6. The van der Waals surface area contributed by atoms with Gasteiger partial charge >= 0.3 is 6.09 Å². The van der Waals surface area contributed by atoms with E-state index in [2.05, 4.69) is 10.7 Å². The summed E-state index contributed by atoms with van der Waals surface area (Å²) in [4.78, 5) is 38.2. The number of hydrogen-bond donors (Lipinski definition) is 2. The molecule has 0 unspecified atom stereocenters. The van der Waals surface area contributed by atoms with Gasteiger partial charge in [-0.2, -0.15) is 4.79 Å². The quantitative estimate of drug-likeness (QED) is 0.656. The van der Waals surface area contributed by atoms with Crippen LogP contribution >= 0.6 is 0 Å². The van der Waals surface area contributed by atoms with Crippen LogP contribution in [0.25, 0.3) is 0 Å². The van der Waals surface area contributed by atoms with E-state index in [1.54, 1.807) is 26.0 Å². The van der Waals surface area contributed by atoms with Gasteiger partial charge in [-0.3, -0.25) is 15.0 Å². The topological polar surface area (TPSA) is 91.0 Å². The van der Waals surface area contributed by atoms with E-state index in [1.165, 1.54) is 0 Å². The molecule has 1 fully saturated rings. The minimum absolute atomic E-state index is 0.126. The number of hydrazine groups is 1. The van der Waals surface area contributed by atoms with E-state index in [0.717, 1.165) is 5.56 Å². The average molecular weight is 435 g/mol. The lowest BCUT2D eigenvalue weighted by Gasteiger charge is -2.45. The summed E-state index contributed by atoms with van der Waals surface area (Å²) in [6.07, 6.45) is -0.168. The third-order valence-electron chi connectivity index (χ3n) is 5.06. The van der Waals surface area contributed by atoms with Gasteiger partial charge in [-0.15, -0.1) is 9.60 Å². The second-order valence-electron chi connectivity index (χ2n) is 9.15. The average Bonchev–Trinajstić information content (AvgIpc) is 2.67. The molecule has 9 nitrogen and oxygen atoms in total. The summed E-state index contributed by atoms with van der Waals surface area (Å²) >= 11 is 0. The van der Waals surface area contributed by atoms with Crippen molar-refractivity contribution in [3.63, 3.8) is 0 Å². The van der Waals surface area contributed by atoms with Gasteiger partial charge < -0.3 is 10.1 Å². The third-order valence-corrected chi connectivity index (χ3v) is 5.06. The largest absolute Gasteiger partial charge is 0.535 e. The molecule has 1 heterocycles. The molecule has 2 N–H and O–H groups in total. The number of ether oxygens (including phenoxy) is 1. The van der Waals surface area contributed by atoms with Crippen molar-refractivity contribution in [2.45, 2.75) is 45.7 Å². The molecule has 2 rings (SSSR count). The van der Waals surface area contributed by atoms with Crippen molar-refractivity contribution in [3.05, 3.63) is 35.9 Å². The standard InChI is InChI=1S/C22H35N5O4/c1-7-31-21(30)27(5,6)25-13-14-26(18(16-25)20(29)23-22(2,3)4)24-19(28)15-17-11-9-8-10-12-17/h8-12,18H,7,13-16H2,1-6H3,(H-,23,24,28,29)/p+1/t18-/m0/s1. The molecule has 1 aliphatic rings. The second-order valence-corrected chi connectivity index (χ2v) is 9.15. The highest BCUT2D eigenvalue weighted by atomic mass is 16.6. The summed E-state index contributed by atoms with van der Waals surface area (Å²) in [5.74, 6) is -0.395. The van der Waals surface area contributed by atoms with Crippen LogP contribution in [0.4, 0.5) is 4.79 Å². The zero-order chi connectivity index (χ0) is 23.2. The van der Waals surface area contributed by atoms with Crippen molar-refractivity contribution < 1.29 is 23.7 Å². The molecule has 0 aromatic heterocycles. The molecule has 0 aliphatic carbocycles. The van der Waals surface area contributed by atoms with Crippen molar-refractivity contribution >= 4 is 17.9 Å². The van der Waals surface area contributed by atoms with Crippen LogP contribution in [0.1, 0.15) is 33.3 Å². The number of nitrogens with one attached hydrogen (secondary N) is 2. The summed E-state index contributed by atoms with van der Waals surface area (Å²) < 4.78 is 5.08. The molecule has 1 saturated heterocycles. The summed E-state index contributed by atoms with van der Waals surface area (Å²) in [6.45, 7) is 8.90. The summed E-state index contributed by atoms with van der Waals surface area (Å²) in [7, 11) is 3.47. The number of carbonyl (C=O) groups is 3. The van der Waals surface area contributed by atoms with Crippen LogP contribution in [-0.4, -0.2) is 84.4 Å². The maximum atomic E-state index is 13.1. The van der Waals surface area contributed by atoms with Crippen LogP contribution in [0.3, 0.4) is 0 Å². The van der Waals surface area contributed by atoms with Crippen molar-refractivity contribution in [1.82, 2.24) is 20.8 Å². The zero-order valence-corrected chi connectivity index (χ0v) is 19.5. The lowest BCUT2D eigenvalue weighted by molar-refractivity contribution is -0.939. The molecular weight excluding hydrogens is 398 g/mol. The zero-order valence-electron chi connectivity index (χ0n) is 19.5. The predicted molar refractivity (Wildman–Crippen MR) is 117 cm³/mol. The minimum atomic E-state index is -0.653. The molecule has 3 amide bonds. The molecule has 0 spiro atoms. The summed E-state index contributed by atoms with van der Waals surface area (Å²) in [5, 5.41) is 6.54. The second kappa shape index (κ2) is 10.2. The lowest BCUT2D eigenvalue weighted by Crippen LogP contribution is -2.71. The first-order chi connectivity index (χ1) is 14.4. The molecule has 0 bridgehead atoms. The molecule has 1 aliphatic heterocycles. The molecule has 1 aromatic rings. The number of benzene rings is 1. The molecular formula is C22H36N5O4+. The van der Waals surface area contributed by atoms with Crippen LogP contribution in [0.2, 0.25) is 0 Å². The molecule has 0 radical (unpaired) electrons. The number of quaternary nitrogens is 1. The predicted octanol–water partition coefficient (Wildman–Crippen LogP) is 1.31. The number of nitrogens with zero attached hydrogens (tertiary/aromatic N) is 3. The van der Waals surface area contributed by atoms with Crippen molar-refractivity contribution in [2.75, 3.05) is 40.3 Å². The van der Waals surface area contributed by atoms with E-state index in [9.17, 15) is 14.4 Å². The van der Waals surface area contributed by atoms with Gasteiger partial charge in [0.25, 0.3) is 0 Å². The Kier molecular flexibility index (Phi) is 8.16. The fourth-order valence-corrected chi connectivity index (χ4v) is 3.41. The van der Waals surface area contributed by atoms with Gasteiger partial charge in [-0.1, -0.05) is 30.3 Å². The van der Waals surface area contributed by atoms with Crippen molar-refractivity contribution in [1.29, 1.82) is 0 Å². The Labute approximate surface area is 184 Å². The number of amides is 3. The number of rotatable bonds is 6. The molecule has 1 atom stereocenters. The van der Waals surface area contributed by atoms with E-state index < -0.39 is 11.6 Å². The van der Waals surface area contributed by atoms with E-state index in [0.29, 0.717) is 13.1 Å². The van der Waals surface area contributed by atoms with Gasteiger partial charge in [-0.05, 0) is 33.3 Å². The van der Waals surface area contributed by atoms with Crippen molar-refractivity contribution in [2.24, 2.45) is 0 Å². The van der Waals surface area contributed by atoms with Gasteiger partial charge in [0.1, 0.15) is 6.04 Å². The van der Waals surface area contributed by atoms with E-state index >= 15 is 0 Å². The lowest BCUT2D eigenvalue weighted by atomic mass is 10.1. The molecule has 31 heavy (non-hydrogen) atoms. The van der Waals surface area contributed by atoms with Gasteiger partial charge in [0, 0.05) is 12.1 Å². The monoisotopic (exact) mass is 434 g/mol. The summed E-state index contributed by atoms with van der Waals surface area (Å²) in [5.41, 5.74) is 3.37. The Bertz CT molecular complexity index is 776. The fourth-order valence-electron chi connectivity index (χ4n) is 3.41. The highest BCUT2D eigenvalue weighted by Crippen LogP contribution is 2.17. The third kappa shape index (κ3) is 7.02. The van der Waals surface area contributed by atoms with Crippen LogP contribution in [0.15, 0.2) is 30.3 Å². The van der Waals surface area contributed by atoms with Crippen LogP contribution in [0.5, 0.6) is 0 Å². The fraction of sp³-hybridized carbons (Fsp3) is 0.591. The van der Waals surface area contributed by atoms with E-state index in [-0.39, 0.29) is 42.1 Å². The first kappa shape index (κ1) is 24.8. The van der Waals surface area contributed by atoms with Crippen LogP contribution in [0, 0.1) is 0 Å². The number of hydrogen-bond acceptors (Lipinski definition) is 6. The molecule has 1 aromatic carbocycles. The van der Waals surface area contributed by atoms with Crippen molar-refractivity contribution in [3.8, 4) is 0 Å². The van der Waals surface area contributed by atoms with E-state index in [4.69, 9.17) is 4.74 Å². The van der Waals surface area contributed by atoms with Crippen LogP contribution < -0.4 is 10.7 Å². The first-order valence-electron chi connectivity index (χ1n) is 10.6. The Hall–Kier alpha value is -2.49. The van der Waals surface area contributed by atoms with Gasteiger partial charge in [0.2, 0.25) is 11.8 Å². The minimum Gasteiger partial charge on any atom is -0.419 e. The normalized spacial score (nSPS) is 18.3. The number of carbonyl (C=O) groups excluding carboxylic acids is 3. The Morgan fingerprint density at radius 3 is 2.35 bits per heavy atom. The Balaban J connectivity index is 2.16. The molecule has 9 heteroatoms. The maximum Gasteiger partial charge on any atom is 0.535 e. The van der Waals surface area contributed by atoms with Gasteiger partial charge in [-0.25, -0.2) is 5.01 Å². The SMILES string of the molecule is CCOC(=O)[N+](C)(C)N1CCN(NC(=O)Cc2ccccc2)[C@H](C(=O)NC(C)(C)C)C1. The highest BCUT2D eigenvalue weighted by molar-refractivity contribution is 5.84. The van der Waals surface area contributed by atoms with Gasteiger partial charge in [0.05, 0.1) is 40.2 Å². The highest BCUT2D eigenvalue weighted by Gasteiger charge is 2.44. The molecule has 172 valence electrons. The van der Waals surface area contributed by atoms with Crippen LogP contribution in [-0.2, 0) is 20.7 Å². The van der Waals surface area contributed by atoms with E-state index in [1.807, 2.05) is 56.1 Å². The Morgan fingerprint density at radius 1 is 1.13 bits per heavy atom. The maximum absolute atomic E-state index is 13.1. The van der Waals surface area contributed by atoms with Gasteiger partial charge in [0.15, 0.2) is 0 Å². The summed E-state index contributed by atoms with van der Waals surface area (Å²) in [6, 6.07) is 8.80. The Morgan fingerprint density at radius 2 is 1.77 bits per heavy atom.